The Morgan fingerprint density at radius 3 is 2.28 bits per heavy atom. The van der Waals surface area contributed by atoms with Gasteiger partial charge in [-0.25, -0.2) is 4.39 Å². The zero-order valence-electron chi connectivity index (χ0n) is 36.5. The Balaban J connectivity index is 1.32. The van der Waals surface area contributed by atoms with E-state index in [2.05, 4.69) is 5.32 Å². The summed E-state index contributed by atoms with van der Waals surface area (Å²) in [5.41, 5.74) is -7.90. The highest BCUT2D eigenvalue weighted by molar-refractivity contribution is 5.93. The van der Waals surface area contributed by atoms with Gasteiger partial charge in [-0.3, -0.25) is 19.3 Å². The molecule has 0 spiro atoms. The summed E-state index contributed by atoms with van der Waals surface area (Å²) in [6.45, 7) is 17.8. The third kappa shape index (κ3) is 7.65. The van der Waals surface area contributed by atoms with Crippen LogP contribution < -0.4 is 5.32 Å². The number of aliphatic hydroxyl groups is 6. The third-order valence-corrected chi connectivity index (χ3v) is 16.2. The van der Waals surface area contributed by atoms with Gasteiger partial charge in [0.1, 0.15) is 29.1 Å². The lowest BCUT2D eigenvalue weighted by Gasteiger charge is -2.62. The maximum atomic E-state index is 17.8. The minimum Gasteiger partial charge on any atom is -0.459 e. The molecule has 58 heavy (non-hydrogen) atoms. The summed E-state index contributed by atoms with van der Waals surface area (Å²) in [5, 5.41) is 72.5. The molecule has 1 amide bonds. The summed E-state index contributed by atoms with van der Waals surface area (Å²) in [5.74, 6) is -4.75. The fourth-order valence-electron chi connectivity index (χ4n) is 12.5. The Morgan fingerprint density at radius 2 is 1.64 bits per heavy atom. The lowest BCUT2D eigenvalue weighted by Crippen LogP contribution is -2.67. The Labute approximate surface area is 344 Å². The van der Waals surface area contributed by atoms with Crippen LogP contribution in [0, 0.1) is 46.3 Å². The number of nitrogens with zero attached hydrogens (tertiary/aromatic N) is 1. The van der Waals surface area contributed by atoms with E-state index in [0.29, 0.717) is 38.8 Å². The topological polar surface area (TPSA) is 197 Å². The first-order valence-electron chi connectivity index (χ1n) is 21.8. The fourth-order valence-corrected chi connectivity index (χ4v) is 12.5. The number of cyclic esters (lactones) is 1. The number of ether oxygens (including phenoxy) is 1. The van der Waals surface area contributed by atoms with Crippen LogP contribution in [0.3, 0.4) is 0 Å². The summed E-state index contributed by atoms with van der Waals surface area (Å²) in [6, 6.07) is -0.699. The second kappa shape index (κ2) is 16.5. The molecule has 3 fully saturated rings. The van der Waals surface area contributed by atoms with Crippen molar-refractivity contribution in [2.45, 2.75) is 174 Å². The zero-order valence-corrected chi connectivity index (χ0v) is 36.5. The molecule has 0 bridgehead atoms. The van der Waals surface area contributed by atoms with E-state index in [9.17, 15) is 45.0 Å². The van der Waals surface area contributed by atoms with Crippen molar-refractivity contribution in [3.8, 4) is 0 Å². The molecular formula is C45H73FN2O10. The second-order valence-electron chi connectivity index (χ2n) is 20.1. The van der Waals surface area contributed by atoms with Crippen LogP contribution in [0.15, 0.2) is 23.8 Å². The van der Waals surface area contributed by atoms with Gasteiger partial charge in [0.05, 0.1) is 23.7 Å². The molecule has 0 radical (unpaired) electrons. The minimum atomic E-state index is -1.90. The van der Waals surface area contributed by atoms with E-state index in [1.807, 2.05) is 38.7 Å². The summed E-state index contributed by atoms with van der Waals surface area (Å²) < 4.78 is 23.5. The van der Waals surface area contributed by atoms with Crippen molar-refractivity contribution in [2.24, 2.45) is 46.3 Å². The number of fused-ring (bicyclic) bond motifs is 5. The van der Waals surface area contributed by atoms with Crippen LogP contribution in [-0.4, -0.2) is 126 Å². The van der Waals surface area contributed by atoms with Gasteiger partial charge >= 0.3 is 5.97 Å². The van der Waals surface area contributed by atoms with Gasteiger partial charge in [-0.05, 0) is 103 Å². The van der Waals surface area contributed by atoms with E-state index in [0.717, 1.165) is 5.57 Å². The van der Waals surface area contributed by atoms with Crippen LogP contribution in [0.4, 0.5) is 4.39 Å². The predicted octanol–water partition coefficient (Wildman–Crippen LogP) is 3.78. The molecule has 1 saturated heterocycles. The highest BCUT2D eigenvalue weighted by Crippen LogP contribution is 2.70. The van der Waals surface area contributed by atoms with Crippen LogP contribution in [-0.2, 0) is 19.1 Å². The number of nitrogens with one attached hydrogen (secondary N) is 1. The minimum absolute atomic E-state index is 0.0291. The average molecular weight is 821 g/mol. The molecule has 5 rings (SSSR count). The maximum Gasteiger partial charge on any atom is 0.311 e. The number of allylic oxidation sites excluding steroid dienone is 4. The monoisotopic (exact) mass is 821 g/mol. The average Bonchev–Trinajstić information content (AvgIpc) is 3.42. The molecular weight excluding hydrogens is 747 g/mol. The fraction of sp³-hybridized carbons (Fsp3) is 0.844. The van der Waals surface area contributed by atoms with Gasteiger partial charge in [-0.1, -0.05) is 52.3 Å². The first-order valence-corrected chi connectivity index (χ1v) is 21.8. The number of aliphatic hydroxyl groups excluding tert-OH is 3. The summed E-state index contributed by atoms with van der Waals surface area (Å²) in [4.78, 5) is 41.6. The van der Waals surface area contributed by atoms with Crippen molar-refractivity contribution < 1.29 is 54.2 Å². The lowest BCUT2D eigenvalue weighted by atomic mass is 9.43. The Morgan fingerprint density at radius 1 is 0.983 bits per heavy atom. The van der Waals surface area contributed by atoms with Gasteiger partial charge in [0.2, 0.25) is 0 Å². The van der Waals surface area contributed by atoms with Gasteiger partial charge in [0.25, 0.3) is 5.91 Å². The number of ketones is 1. The van der Waals surface area contributed by atoms with Gasteiger partial charge in [-0.2, -0.15) is 0 Å². The SMILES string of the molecule is CC[C@H]1OC(=O)[C@H](C)[C@@H](O)[C@H](C)[C@@H](O)[C@](C)(O)C[C@@H](C)CN(CCCNC(=O)[C@@]2(O)CCC3C4CC=C5CC(=O)C=C[C@]5(C)[C@@]4(F)[C@@H](C)C[C@@]32C)[C@H](C)[C@@H](O)[C@]1(C)O. The quantitative estimate of drug-likeness (QED) is 0.117. The molecule has 13 heteroatoms. The van der Waals surface area contributed by atoms with Gasteiger partial charge in [-0.15, -0.1) is 0 Å². The molecule has 2 saturated carbocycles. The van der Waals surface area contributed by atoms with Crippen molar-refractivity contribution in [2.75, 3.05) is 19.6 Å². The molecule has 12 nitrogen and oxygen atoms in total. The Hall–Kier alpha value is -2.26. The van der Waals surface area contributed by atoms with Crippen LogP contribution >= 0.6 is 0 Å². The number of rotatable bonds is 6. The van der Waals surface area contributed by atoms with Crippen molar-refractivity contribution in [3.63, 3.8) is 0 Å². The Bertz CT molecular complexity index is 1620. The van der Waals surface area contributed by atoms with Crippen LogP contribution in [0.25, 0.3) is 0 Å². The van der Waals surface area contributed by atoms with Crippen LogP contribution in [0.2, 0.25) is 0 Å². The van der Waals surface area contributed by atoms with Crippen molar-refractivity contribution in [1.82, 2.24) is 10.2 Å². The van der Waals surface area contributed by atoms with Crippen LogP contribution in [0.5, 0.6) is 0 Å². The largest absolute Gasteiger partial charge is 0.459 e. The summed E-state index contributed by atoms with van der Waals surface area (Å²) in [6.07, 6.45) is 2.33. The van der Waals surface area contributed by atoms with E-state index in [1.54, 1.807) is 26.8 Å². The number of esters is 1. The van der Waals surface area contributed by atoms with Crippen molar-refractivity contribution >= 4 is 17.7 Å². The number of carbonyl (C=O) groups is 3. The van der Waals surface area contributed by atoms with E-state index in [4.69, 9.17) is 4.74 Å². The van der Waals surface area contributed by atoms with Gasteiger partial charge < -0.3 is 40.7 Å². The number of hydrogen-bond acceptors (Lipinski definition) is 11. The van der Waals surface area contributed by atoms with Crippen molar-refractivity contribution in [3.05, 3.63) is 23.8 Å². The molecule has 7 N–H and O–H groups in total. The molecule has 1 aliphatic heterocycles. The van der Waals surface area contributed by atoms with Gasteiger partial charge in [0.15, 0.2) is 5.78 Å². The number of hydrogen-bond donors (Lipinski definition) is 7. The maximum absolute atomic E-state index is 17.8. The van der Waals surface area contributed by atoms with Crippen LogP contribution in [0.1, 0.15) is 121 Å². The van der Waals surface area contributed by atoms with E-state index in [-0.39, 0.29) is 49.8 Å². The molecule has 2 unspecified atom stereocenters. The molecule has 17 atom stereocenters. The normalized spacial score (nSPS) is 49.4. The molecule has 0 aromatic rings. The van der Waals surface area contributed by atoms with E-state index >= 15 is 4.39 Å². The first kappa shape index (κ1) is 46.8. The molecule has 0 aromatic carbocycles. The molecule has 1 heterocycles. The molecule has 4 aliphatic carbocycles. The summed E-state index contributed by atoms with van der Waals surface area (Å²) >= 11 is 0. The highest BCUT2D eigenvalue weighted by Gasteiger charge is 2.73. The highest BCUT2D eigenvalue weighted by atomic mass is 19.1. The zero-order chi connectivity index (χ0) is 43.6. The second-order valence-corrected chi connectivity index (χ2v) is 20.1. The lowest BCUT2D eigenvalue weighted by molar-refractivity contribution is -0.194. The predicted molar refractivity (Wildman–Crippen MR) is 217 cm³/mol. The third-order valence-electron chi connectivity index (χ3n) is 16.2. The number of halogens is 1. The summed E-state index contributed by atoms with van der Waals surface area (Å²) in [7, 11) is 0. The molecule has 5 aliphatic rings. The van der Waals surface area contributed by atoms with Gasteiger partial charge in [0, 0.05) is 54.8 Å². The van der Waals surface area contributed by atoms with E-state index < -0.39 is 99.3 Å². The number of amides is 1. The Kier molecular flexibility index (Phi) is 13.4. The first-order chi connectivity index (χ1) is 26.7. The van der Waals surface area contributed by atoms with Crippen molar-refractivity contribution in [1.29, 1.82) is 0 Å². The van der Waals surface area contributed by atoms with E-state index in [1.165, 1.54) is 26.8 Å². The molecule has 0 aromatic heterocycles. The molecule has 330 valence electrons. The number of carbonyl (C=O) groups excluding carboxylic acids is 3. The standard InChI is InChI=1S/C45H73FN2O10/c1-11-34-43(10,56)37(52)29(6)48(24-25(2)22-42(9,55)36(51)27(4)35(50)28(5)38(53)58-34)20-12-19-47-39(54)44(57)18-16-32-33-14-13-30-21-31(49)15-17-40(30,7)45(33,46)26(3)23-41(32,44)8/h13,15,17,25-29,32-37,50-52,55-57H,11-12,14,16,18-24H2,1-10H3,(H,47,54)/t25-,26+,27+,28-,29-,32?,33?,34-,35+,36-,37-,40+,41+,42-,43-,44+,45-/m1/s1. The number of alkyl halides is 1. The smallest absolute Gasteiger partial charge is 0.311 e.